The fourth-order valence-electron chi connectivity index (χ4n) is 3.80. The van der Waals surface area contributed by atoms with E-state index in [1.54, 1.807) is 0 Å². The molecule has 0 aromatic heterocycles. The van der Waals surface area contributed by atoms with Gasteiger partial charge in [-0.25, -0.2) is 0 Å². The van der Waals surface area contributed by atoms with Gasteiger partial charge in [-0.2, -0.15) is 0 Å². The van der Waals surface area contributed by atoms with E-state index in [0.29, 0.717) is 0 Å². The van der Waals surface area contributed by atoms with Crippen molar-refractivity contribution in [1.29, 1.82) is 0 Å². The van der Waals surface area contributed by atoms with E-state index in [0.717, 1.165) is 51.3 Å². The minimum absolute atomic E-state index is 0. The molecule has 0 aromatic rings. The van der Waals surface area contributed by atoms with Gasteiger partial charge in [0.1, 0.15) is 0 Å². The lowest BCUT2D eigenvalue weighted by Crippen LogP contribution is -2.56. The molecule has 1 unspecified atom stereocenters. The zero-order valence-corrected chi connectivity index (χ0v) is 19.6. The predicted molar refractivity (Wildman–Crippen MR) is 121 cm³/mol. The second-order valence-corrected chi connectivity index (χ2v) is 8.17. The highest BCUT2D eigenvalue weighted by Gasteiger charge is 2.28. The van der Waals surface area contributed by atoms with Crippen LogP contribution in [0.5, 0.6) is 0 Å². The molecule has 6 nitrogen and oxygen atoms in total. The first-order valence-electron chi connectivity index (χ1n) is 10.0. The van der Waals surface area contributed by atoms with Gasteiger partial charge >= 0.3 is 0 Å². The molecule has 154 valence electrons. The van der Waals surface area contributed by atoms with Gasteiger partial charge in [0, 0.05) is 45.3 Å². The van der Waals surface area contributed by atoms with Crippen molar-refractivity contribution >= 4 is 29.9 Å². The first-order chi connectivity index (χ1) is 12.0. The average Bonchev–Trinajstić information content (AvgIpc) is 2.62. The Balaban J connectivity index is 0.00000338. The Morgan fingerprint density at radius 1 is 1.19 bits per heavy atom. The number of ether oxygens (including phenoxy) is 1. The summed E-state index contributed by atoms with van der Waals surface area (Å²) < 4.78 is 5.46. The monoisotopic (exact) mass is 481 g/mol. The van der Waals surface area contributed by atoms with Crippen LogP contribution in [0.15, 0.2) is 4.99 Å². The van der Waals surface area contributed by atoms with E-state index in [-0.39, 0.29) is 29.5 Å². The van der Waals surface area contributed by atoms with Crippen LogP contribution in [-0.4, -0.2) is 87.4 Å². The molecule has 0 saturated carbocycles. The zero-order chi connectivity index (χ0) is 18.1. The largest absolute Gasteiger partial charge is 0.379 e. The number of halogens is 1. The second kappa shape index (κ2) is 12.4. The third-order valence-electron chi connectivity index (χ3n) is 5.46. The molecule has 26 heavy (non-hydrogen) atoms. The maximum absolute atomic E-state index is 5.46. The molecule has 2 aliphatic heterocycles. The van der Waals surface area contributed by atoms with Gasteiger partial charge in [0.15, 0.2) is 5.96 Å². The van der Waals surface area contributed by atoms with Crippen LogP contribution >= 0.6 is 24.0 Å². The predicted octanol–water partition coefficient (Wildman–Crippen LogP) is 2.00. The molecule has 0 spiro atoms. The van der Waals surface area contributed by atoms with Crippen LogP contribution in [0.3, 0.4) is 0 Å². The Kier molecular flexibility index (Phi) is 11.4. The van der Waals surface area contributed by atoms with Crippen LogP contribution in [0.2, 0.25) is 0 Å². The SMILES string of the molecule is CN=C(NCCCN1CCCC(C)C1)NCC(C)(C)N1CCOCC1.I. The molecule has 2 rings (SSSR count). The van der Waals surface area contributed by atoms with E-state index in [9.17, 15) is 0 Å². The highest BCUT2D eigenvalue weighted by atomic mass is 127. The van der Waals surface area contributed by atoms with E-state index >= 15 is 0 Å². The molecular formula is C19H40IN5O. The molecule has 0 radical (unpaired) electrons. The van der Waals surface area contributed by atoms with Gasteiger partial charge in [-0.3, -0.25) is 9.89 Å². The molecule has 0 aromatic carbocycles. The molecule has 2 heterocycles. The molecule has 2 N–H and O–H groups in total. The van der Waals surface area contributed by atoms with Gasteiger partial charge in [0.2, 0.25) is 0 Å². The normalized spacial score (nSPS) is 23.4. The molecule has 0 aliphatic carbocycles. The van der Waals surface area contributed by atoms with Crippen LogP contribution in [0.1, 0.15) is 40.0 Å². The Morgan fingerprint density at radius 2 is 1.92 bits per heavy atom. The van der Waals surface area contributed by atoms with Crippen molar-refractivity contribution in [3.8, 4) is 0 Å². The molecule has 0 amide bonds. The first-order valence-corrected chi connectivity index (χ1v) is 10.0. The van der Waals surface area contributed by atoms with E-state index in [1.807, 2.05) is 7.05 Å². The van der Waals surface area contributed by atoms with E-state index in [1.165, 1.54) is 38.9 Å². The van der Waals surface area contributed by atoms with Gasteiger partial charge in [-0.15, -0.1) is 24.0 Å². The third-order valence-corrected chi connectivity index (χ3v) is 5.46. The van der Waals surface area contributed by atoms with Crippen LogP contribution in [-0.2, 0) is 4.74 Å². The lowest BCUT2D eigenvalue weighted by Gasteiger charge is -2.41. The lowest BCUT2D eigenvalue weighted by atomic mass is 10.0. The van der Waals surface area contributed by atoms with Crippen LogP contribution < -0.4 is 10.6 Å². The van der Waals surface area contributed by atoms with Crippen molar-refractivity contribution in [3.05, 3.63) is 0 Å². The van der Waals surface area contributed by atoms with Gasteiger partial charge in [0.25, 0.3) is 0 Å². The molecule has 2 saturated heterocycles. The summed E-state index contributed by atoms with van der Waals surface area (Å²) in [6, 6.07) is 0. The standard InChI is InChI=1S/C19H39N5O.HI/c1-17-7-5-9-23(15-17)10-6-8-21-18(20-4)22-16-19(2,3)24-11-13-25-14-12-24;/h17H,5-16H2,1-4H3,(H2,20,21,22);1H. The molecule has 0 bridgehead atoms. The van der Waals surface area contributed by atoms with Crippen LogP contribution in [0, 0.1) is 5.92 Å². The minimum Gasteiger partial charge on any atom is -0.379 e. The van der Waals surface area contributed by atoms with Crippen molar-refractivity contribution in [1.82, 2.24) is 20.4 Å². The summed E-state index contributed by atoms with van der Waals surface area (Å²) in [6.07, 6.45) is 3.92. The van der Waals surface area contributed by atoms with Crippen molar-refractivity contribution in [2.45, 2.75) is 45.6 Å². The van der Waals surface area contributed by atoms with Crippen molar-refractivity contribution < 1.29 is 4.74 Å². The first kappa shape index (κ1) is 23.9. The third kappa shape index (κ3) is 8.27. The maximum Gasteiger partial charge on any atom is 0.191 e. The van der Waals surface area contributed by atoms with E-state index in [2.05, 4.69) is 46.2 Å². The Bertz CT molecular complexity index is 413. The van der Waals surface area contributed by atoms with E-state index in [4.69, 9.17) is 4.74 Å². The molecule has 2 aliphatic rings. The number of nitrogens with zero attached hydrogens (tertiary/aromatic N) is 3. The second-order valence-electron chi connectivity index (χ2n) is 8.17. The van der Waals surface area contributed by atoms with Crippen LogP contribution in [0.4, 0.5) is 0 Å². The quantitative estimate of drug-likeness (QED) is 0.252. The lowest BCUT2D eigenvalue weighted by molar-refractivity contribution is -0.00834. The summed E-state index contributed by atoms with van der Waals surface area (Å²) in [6.45, 7) is 16.2. The number of piperidine rings is 1. The number of hydrogen-bond acceptors (Lipinski definition) is 4. The Morgan fingerprint density at radius 3 is 2.58 bits per heavy atom. The van der Waals surface area contributed by atoms with Gasteiger partial charge in [-0.05, 0) is 52.1 Å². The Labute approximate surface area is 177 Å². The highest BCUT2D eigenvalue weighted by molar-refractivity contribution is 14.0. The average molecular weight is 481 g/mol. The number of guanidine groups is 1. The molecule has 1 atom stereocenters. The fraction of sp³-hybridized carbons (Fsp3) is 0.947. The topological polar surface area (TPSA) is 52.1 Å². The number of morpholine rings is 1. The number of aliphatic imine (C=N–C) groups is 1. The summed E-state index contributed by atoms with van der Waals surface area (Å²) in [5.41, 5.74) is 0.103. The molecule has 7 heteroatoms. The number of rotatable bonds is 7. The summed E-state index contributed by atoms with van der Waals surface area (Å²) in [7, 11) is 1.85. The summed E-state index contributed by atoms with van der Waals surface area (Å²) in [5.74, 6) is 1.77. The number of hydrogen-bond donors (Lipinski definition) is 2. The highest BCUT2D eigenvalue weighted by Crippen LogP contribution is 2.16. The van der Waals surface area contributed by atoms with Crippen molar-refractivity contribution in [2.24, 2.45) is 10.9 Å². The number of likely N-dealkylation sites (tertiary alicyclic amines) is 1. The molecule has 2 fully saturated rings. The van der Waals surface area contributed by atoms with Crippen LogP contribution in [0.25, 0.3) is 0 Å². The summed E-state index contributed by atoms with van der Waals surface area (Å²) in [4.78, 5) is 9.47. The Hall–Kier alpha value is -0.120. The number of nitrogens with one attached hydrogen (secondary N) is 2. The maximum atomic E-state index is 5.46. The summed E-state index contributed by atoms with van der Waals surface area (Å²) >= 11 is 0. The van der Waals surface area contributed by atoms with Gasteiger partial charge in [-0.1, -0.05) is 6.92 Å². The zero-order valence-electron chi connectivity index (χ0n) is 17.2. The summed E-state index contributed by atoms with van der Waals surface area (Å²) in [5, 5.41) is 6.96. The van der Waals surface area contributed by atoms with Gasteiger partial charge in [0.05, 0.1) is 13.2 Å². The van der Waals surface area contributed by atoms with E-state index < -0.39 is 0 Å². The van der Waals surface area contributed by atoms with Crippen molar-refractivity contribution in [2.75, 3.05) is 66.1 Å². The smallest absolute Gasteiger partial charge is 0.191 e. The van der Waals surface area contributed by atoms with Gasteiger partial charge < -0.3 is 20.3 Å². The fourth-order valence-corrected chi connectivity index (χ4v) is 3.80. The minimum atomic E-state index is 0. The van der Waals surface area contributed by atoms with Crippen molar-refractivity contribution in [3.63, 3.8) is 0 Å². The molecular weight excluding hydrogens is 441 g/mol.